The van der Waals surface area contributed by atoms with Gasteiger partial charge in [0.2, 0.25) is 0 Å². The summed E-state index contributed by atoms with van der Waals surface area (Å²) in [6.07, 6.45) is 0.965. The number of aromatic nitrogens is 1. The Morgan fingerprint density at radius 1 is 1.41 bits per heavy atom. The molecule has 1 aromatic rings. The van der Waals surface area contributed by atoms with Gasteiger partial charge in [0.1, 0.15) is 4.88 Å². The Morgan fingerprint density at radius 3 is 2.82 bits per heavy atom. The molecule has 0 saturated carbocycles. The van der Waals surface area contributed by atoms with Crippen LogP contribution in [0.2, 0.25) is 0 Å². The number of rotatable bonds is 4. The molecule has 1 fully saturated rings. The van der Waals surface area contributed by atoms with Gasteiger partial charge in [0.25, 0.3) is 5.91 Å². The van der Waals surface area contributed by atoms with Crippen LogP contribution in [0.4, 0.5) is 5.13 Å². The molecular weight excluding hydrogens is 322 g/mol. The van der Waals surface area contributed by atoms with E-state index in [1.165, 1.54) is 11.3 Å². The van der Waals surface area contributed by atoms with E-state index in [1.807, 2.05) is 13.8 Å². The minimum atomic E-state index is -0.227. The van der Waals surface area contributed by atoms with Crippen molar-refractivity contribution in [1.82, 2.24) is 21.2 Å². The number of thiocarbonyl (C=S) groups is 1. The second-order valence-electron chi connectivity index (χ2n) is 4.85. The maximum atomic E-state index is 12.2. The van der Waals surface area contributed by atoms with Gasteiger partial charge in [-0.25, -0.2) is 4.98 Å². The quantitative estimate of drug-likeness (QED) is 0.551. The Hall–Kier alpha value is -1.45. The minimum absolute atomic E-state index is 0.227. The summed E-state index contributed by atoms with van der Waals surface area (Å²) in [6.45, 7) is 7.64. The average molecular weight is 343 g/mol. The molecule has 3 N–H and O–H groups in total. The lowest BCUT2D eigenvalue weighted by Crippen LogP contribution is -2.46. The van der Waals surface area contributed by atoms with Crippen LogP contribution in [0, 0.1) is 6.92 Å². The lowest BCUT2D eigenvalue weighted by Gasteiger charge is -2.25. The standard InChI is InChI=1S/C13H21N5O2S2/c1-3-4-14-12(21)17-16-11(19)10-9(2)15-13(22-10)18-5-7-20-8-6-18/h3-8H2,1-2H3,(H,16,19)(H2,14,17,21). The van der Waals surface area contributed by atoms with Gasteiger partial charge in [-0.15, -0.1) is 0 Å². The first-order valence-corrected chi connectivity index (χ1v) is 8.48. The summed E-state index contributed by atoms with van der Waals surface area (Å²) in [5.41, 5.74) is 6.02. The summed E-state index contributed by atoms with van der Waals surface area (Å²) >= 11 is 6.44. The van der Waals surface area contributed by atoms with Gasteiger partial charge in [0, 0.05) is 19.6 Å². The van der Waals surface area contributed by atoms with Crippen molar-refractivity contribution in [1.29, 1.82) is 0 Å². The number of ether oxygens (including phenoxy) is 1. The zero-order valence-electron chi connectivity index (χ0n) is 12.8. The molecule has 0 bridgehead atoms. The molecule has 2 rings (SSSR count). The molecule has 0 unspecified atom stereocenters. The normalized spacial score (nSPS) is 14.5. The van der Waals surface area contributed by atoms with Gasteiger partial charge in [-0.05, 0) is 25.6 Å². The monoisotopic (exact) mass is 343 g/mol. The van der Waals surface area contributed by atoms with Crippen molar-refractivity contribution in [3.05, 3.63) is 10.6 Å². The van der Waals surface area contributed by atoms with E-state index >= 15 is 0 Å². The van der Waals surface area contributed by atoms with E-state index in [1.54, 1.807) is 0 Å². The van der Waals surface area contributed by atoms with E-state index in [4.69, 9.17) is 17.0 Å². The Bertz CT molecular complexity index is 529. The van der Waals surface area contributed by atoms with Crippen molar-refractivity contribution in [2.24, 2.45) is 0 Å². The summed E-state index contributed by atoms with van der Waals surface area (Å²) in [5, 5.41) is 4.25. The van der Waals surface area contributed by atoms with E-state index in [9.17, 15) is 4.79 Å². The fraction of sp³-hybridized carbons (Fsp3) is 0.615. The lowest BCUT2D eigenvalue weighted by atomic mass is 10.4. The number of thiazole rings is 1. The summed E-state index contributed by atoms with van der Waals surface area (Å²) < 4.78 is 5.33. The summed E-state index contributed by atoms with van der Waals surface area (Å²) in [6, 6.07) is 0. The summed E-state index contributed by atoms with van der Waals surface area (Å²) in [4.78, 5) is 19.4. The van der Waals surface area contributed by atoms with Crippen LogP contribution < -0.4 is 21.1 Å². The smallest absolute Gasteiger partial charge is 0.281 e. The lowest BCUT2D eigenvalue weighted by molar-refractivity contribution is 0.0947. The highest BCUT2D eigenvalue weighted by Gasteiger charge is 2.20. The molecule has 0 spiro atoms. The highest BCUT2D eigenvalue weighted by molar-refractivity contribution is 7.80. The second-order valence-corrected chi connectivity index (χ2v) is 6.23. The van der Waals surface area contributed by atoms with Crippen LogP contribution in [0.25, 0.3) is 0 Å². The van der Waals surface area contributed by atoms with Crippen molar-refractivity contribution < 1.29 is 9.53 Å². The Kier molecular flexibility index (Phi) is 6.34. The Labute approximate surface area is 139 Å². The number of nitrogens with zero attached hydrogens (tertiary/aromatic N) is 2. The van der Waals surface area contributed by atoms with Crippen molar-refractivity contribution in [2.75, 3.05) is 37.7 Å². The highest BCUT2D eigenvalue weighted by Crippen LogP contribution is 2.26. The Morgan fingerprint density at radius 2 is 2.14 bits per heavy atom. The van der Waals surface area contributed by atoms with E-state index < -0.39 is 0 Å². The maximum Gasteiger partial charge on any atom is 0.281 e. The van der Waals surface area contributed by atoms with Crippen LogP contribution in [0.15, 0.2) is 0 Å². The molecule has 1 saturated heterocycles. The maximum absolute atomic E-state index is 12.2. The number of nitrogens with one attached hydrogen (secondary N) is 3. The molecular formula is C13H21N5O2S2. The van der Waals surface area contributed by atoms with E-state index in [-0.39, 0.29) is 5.91 Å². The molecule has 0 radical (unpaired) electrons. The minimum Gasteiger partial charge on any atom is -0.378 e. The molecule has 0 aromatic carbocycles. The van der Waals surface area contributed by atoms with E-state index in [0.29, 0.717) is 23.2 Å². The van der Waals surface area contributed by atoms with Crippen LogP contribution in [-0.2, 0) is 4.74 Å². The zero-order chi connectivity index (χ0) is 15.9. The molecule has 1 aromatic heterocycles. The molecule has 1 aliphatic heterocycles. The van der Waals surface area contributed by atoms with Crippen molar-refractivity contribution in [2.45, 2.75) is 20.3 Å². The molecule has 2 heterocycles. The fourth-order valence-electron chi connectivity index (χ4n) is 1.94. The highest BCUT2D eigenvalue weighted by atomic mass is 32.1. The third-order valence-electron chi connectivity index (χ3n) is 3.10. The van der Waals surface area contributed by atoms with Gasteiger partial charge in [0.15, 0.2) is 10.2 Å². The predicted octanol–water partition coefficient (Wildman–Crippen LogP) is 0.807. The van der Waals surface area contributed by atoms with Crippen LogP contribution in [0.1, 0.15) is 28.7 Å². The second kappa shape index (κ2) is 8.25. The Balaban J connectivity index is 1.92. The average Bonchev–Trinajstić information content (AvgIpc) is 2.93. The van der Waals surface area contributed by atoms with Gasteiger partial charge in [-0.3, -0.25) is 15.6 Å². The van der Waals surface area contributed by atoms with Crippen LogP contribution in [0.3, 0.4) is 0 Å². The molecule has 9 heteroatoms. The number of carbonyl (C=O) groups is 1. The van der Waals surface area contributed by atoms with Gasteiger partial charge in [-0.2, -0.15) is 0 Å². The first kappa shape index (κ1) is 16.9. The van der Waals surface area contributed by atoms with Crippen LogP contribution in [0.5, 0.6) is 0 Å². The number of aryl methyl sites for hydroxylation is 1. The molecule has 22 heavy (non-hydrogen) atoms. The van der Waals surface area contributed by atoms with Gasteiger partial charge >= 0.3 is 0 Å². The van der Waals surface area contributed by atoms with Crippen LogP contribution in [-0.4, -0.2) is 48.9 Å². The molecule has 0 atom stereocenters. The third kappa shape index (κ3) is 4.52. The van der Waals surface area contributed by atoms with Gasteiger partial charge < -0.3 is 15.0 Å². The van der Waals surface area contributed by atoms with Gasteiger partial charge in [0.05, 0.1) is 18.9 Å². The number of hydrogen-bond acceptors (Lipinski definition) is 6. The number of hydrazine groups is 1. The fourth-order valence-corrected chi connectivity index (χ4v) is 3.10. The number of carbonyl (C=O) groups excluding carboxylic acids is 1. The number of anilines is 1. The molecule has 0 aliphatic carbocycles. The number of morpholine rings is 1. The zero-order valence-corrected chi connectivity index (χ0v) is 14.4. The van der Waals surface area contributed by atoms with Crippen molar-refractivity contribution >= 4 is 39.7 Å². The first-order chi connectivity index (χ1) is 10.6. The summed E-state index contributed by atoms with van der Waals surface area (Å²) in [5.74, 6) is -0.227. The van der Waals surface area contributed by atoms with Crippen LogP contribution >= 0.6 is 23.6 Å². The first-order valence-electron chi connectivity index (χ1n) is 7.26. The van der Waals surface area contributed by atoms with Crippen molar-refractivity contribution in [3.63, 3.8) is 0 Å². The molecule has 122 valence electrons. The summed E-state index contributed by atoms with van der Waals surface area (Å²) in [7, 11) is 0. The van der Waals surface area contributed by atoms with Gasteiger partial charge in [-0.1, -0.05) is 18.3 Å². The number of hydrogen-bond donors (Lipinski definition) is 3. The van der Waals surface area contributed by atoms with E-state index in [0.717, 1.165) is 36.9 Å². The SMILES string of the molecule is CCCNC(=S)NNC(=O)c1sc(N2CCOCC2)nc1C. The molecule has 7 nitrogen and oxygen atoms in total. The molecule has 1 aliphatic rings. The van der Waals surface area contributed by atoms with E-state index in [2.05, 4.69) is 26.1 Å². The number of amides is 1. The van der Waals surface area contributed by atoms with Crippen molar-refractivity contribution in [3.8, 4) is 0 Å². The largest absolute Gasteiger partial charge is 0.378 e. The predicted molar refractivity (Wildman–Crippen MR) is 91.4 cm³/mol. The third-order valence-corrected chi connectivity index (χ3v) is 4.56. The molecule has 1 amide bonds. The topological polar surface area (TPSA) is 78.5 Å².